The van der Waals surface area contributed by atoms with Gasteiger partial charge in [0.05, 0.1) is 0 Å². The number of pyridine rings is 1. The molecule has 0 bridgehead atoms. The first-order valence-electron chi connectivity index (χ1n) is 5.30. The van der Waals surface area contributed by atoms with Gasteiger partial charge in [0.15, 0.2) is 0 Å². The Morgan fingerprint density at radius 2 is 1.94 bits per heavy atom. The summed E-state index contributed by atoms with van der Waals surface area (Å²) < 4.78 is 6.41. The minimum absolute atomic E-state index is 0.517. The molecule has 0 saturated carbocycles. The molecular weight excluding hydrogens is 278 g/mol. The van der Waals surface area contributed by atoms with Crippen molar-refractivity contribution in [3.8, 4) is 5.88 Å². The fraction of sp³-hybridized carbons (Fsp3) is 0.0714. The van der Waals surface area contributed by atoms with E-state index in [0.717, 1.165) is 4.47 Å². The van der Waals surface area contributed by atoms with Crippen molar-refractivity contribution in [3.05, 3.63) is 64.8 Å². The number of hydrogen-bond donors (Lipinski definition) is 0. The Morgan fingerprint density at radius 3 is 2.65 bits per heavy atom. The van der Waals surface area contributed by atoms with E-state index in [9.17, 15) is 0 Å². The van der Waals surface area contributed by atoms with Crippen molar-refractivity contribution in [1.82, 2.24) is 4.98 Å². The number of aromatic nitrogens is 1. The predicted molar refractivity (Wildman–Crippen MR) is 72.9 cm³/mol. The van der Waals surface area contributed by atoms with E-state index in [-0.39, 0.29) is 0 Å². The molecule has 0 aliphatic heterocycles. The zero-order valence-corrected chi connectivity index (χ0v) is 10.8. The van der Waals surface area contributed by atoms with Crippen LogP contribution >= 0.6 is 15.9 Å². The van der Waals surface area contributed by atoms with Gasteiger partial charge in [-0.3, -0.25) is 0 Å². The van der Waals surface area contributed by atoms with Crippen molar-refractivity contribution >= 4 is 22.0 Å². The van der Waals surface area contributed by atoms with Crippen LogP contribution in [0.2, 0.25) is 0 Å². The van der Waals surface area contributed by atoms with Gasteiger partial charge in [0, 0.05) is 16.7 Å². The SMILES string of the molecule is Brc1ccc(OCC=Cc2ccccc2)nc1. The lowest BCUT2D eigenvalue weighted by Gasteiger charge is -2.01. The smallest absolute Gasteiger partial charge is 0.213 e. The first kappa shape index (κ1) is 11.9. The second kappa shape index (κ2) is 6.21. The maximum atomic E-state index is 5.46. The summed E-state index contributed by atoms with van der Waals surface area (Å²) in [5.74, 6) is 0.630. The van der Waals surface area contributed by atoms with Gasteiger partial charge in [-0.05, 0) is 33.6 Å². The Hall–Kier alpha value is -1.61. The third kappa shape index (κ3) is 4.04. The van der Waals surface area contributed by atoms with Gasteiger partial charge in [0.1, 0.15) is 6.61 Å². The summed E-state index contributed by atoms with van der Waals surface area (Å²) in [4.78, 5) is 4.12. The second-order valence-electron chi connectivity index (χ2n) is 3.44. The molecule has 0 aliphatic rings. The van der Waals surface area contributed by atoms with Crippen molar-refractivity contribution in [3.63, 3.8) is 0 Å². The van der Waals surface area contributed by atoms with Crippen molar-refractivity contribution in [2.45, 2.75) is 0 Å². The van der Waals surface area contributed by atoms with Gasteiger partial charge in [-0.2, -0.15) is 0 Å². The standard InChI is InChI=1S/C14H12BrNO/c15-13-8-9-14(16-11-13)17-10-4-7-12-5-2-1-3-6-12/h1-9,11H,10H2. The summed E-state index contributed by atoms with van der Waals surface area (Å²) in [5, 5.41) is 0. The highest BCUT2D eigenvalue weighted by Gasteiger charge is 1.92. The molecule has 2 nitrogen and oxygen atoms in total. The molecule has 0 amide bonds. The summed E-state index contributed by atoms with van der Waals surface area (Å²) in [6.45, 7) is 0.517. The molecule has 0 unspecified atom stereocenters. The first-order valence-corrected chi connectivity index (χ1v) is 6.10. The molecule has 0 aliphatic carbocycles. The average molecular weight is 290 g/mol. The highest BCUT2D eigenvalue weighted by molar-refractivity contribution is 9.10. The summed E-state index contributed by atoms with van der Waals surface area (Å²) >= 11 is 3.33. The Bertz CT molecular complexity index is 479. The minimum atomic E-state index is 0.517. The quantitative estimate of drug-likeness (QED) is 0.851. The number of hydrogen-bond acceptors (Lipinski definition) is 2. The van der Waals surface area contributed by atoms with Crippen LogP contribution in [0.4, 0.5) is 0 Å². The average Bonchev–Trinajstić information content (AvgIpc) is 2.38. The summed E-state index contributed by atoms with van der Waals surface area (Å²) in [7, 11) is 0. The van der Waals surface area contributed by atoms with E-state index in [1.54, 1.807) is 6.20 Å². The normalized spacial score (nSPS) is 10.6. The van der Waals surface area contributed by atoms with Crippen molar-refractivity contribution in [2.24, 2.45) is 0 Å². The van der Waals surface area contributed by atoms with E-state index < -0.39 is 0 Å². The molecule has 0 atom stereocenters. The van der Waals surface area contributed by atoms with Gasteiger partial charge in [-0.1, -0.05) is 36.4 Å². The van der Waals surface area contributed by atoms with Crippen LogP contribution in [-0.4, -0.2) is 11.6 Å². The molecule has 0 N–H and O–H groups in total. The Labute approximate surface area is 109 Å². The number of nitrogens with zero attached hydrogens (tertiary/aromatic N) is 1. The number of benzene rings is 1. The van der Waals surface area contributed by atoms with Crippen LogP contribution in [0.1, 0.15) is 5.56 Å². The summed E-state index contributed by atoms with van der Waals surface area (Å²) in [6.07, 6.45) is 5.72. The van der Waals surface area contributed by atoms with Crippen LogP contribution < -0.4 is 4.74 Å². The topological polar surface area (TPSA) is 22.1 Å². The van der Waals surface area contributed by atoms with Crippen LogP contribution in [0, 0.1) is 0 Å². The van der Waals surface area contributed by atoms with Gasteiger partial charge < -0.3 is 4.74 Å². The molecule has 0 spiro atoms. The molecule has 0 saturated heterocycles. The van der Waals surface area contributed by atoms with E-state index in [4.69, 9.17) is 4.74 Å². The predicted octanol–water partition coefficient (Wildman–Crippen LogP) is 3.94. The van der Waals surface area contributed by atoms with E-state index in [1.165, 1.54) is 5.56 Å². The summed E-state index contributed by atoms with van der Waals surface area (Å²) in [6, 6.07) is 13.9. The number of halogens is 1. The van der Waals surface area contributed by atoms with E-state index in [1.807, 2.05) is 54.6 Å². The molecule has 2 rings (SSSR count). The van der Waals surface area contributed by atoms with Gasteiger partial charge in [0.25, 0.3) is 0 Å². The maximum Gasteiger partial charge on any atom is 0.213 e. The van der Waals surface area contributed by atoms with E-state index in [0.29, 0.717) is 12.5 Å². The third-order valence-corrected chi connectivity index (χ3v) is 2.61. The highest BCUT2D eigenvalue weighted by Crippen LogP contribution is 2.12. The van der Waals surface area contributed by atoms with Gasteiger partial charge in [-0.15, -0.1) is 0 Å². The van der Waals surface area contributed by atoms with Crippen molar-refractivity contribution in [1.29, 1.82) is 0 Å². The minimum Gasteiger partial charge on any atom is -0.473 e. The molecule has 3 heteroatoms. The number of rotatable bonds is 4. The number of ether oxygens (including phenoxy) is 1. The molecule has 1 heterocycles. The molecule has 1 aromatic heterocycles. The summed E-state index contributed by atoms with van der Waals surface area (Å²) in [5.41, 5.74) is 1.17. The lowest BCUT2D eigenvalue weighted by Crippen LogP contribution is -1.94. The molecular formula is C14H12BrNO. The van der Waals surface area contributed by atoms with Crippen LogP contribution in [-0.2, 0) is 0 Å². The van der Waals surface area contributed by atoms with Crippen molar-refractivity contribution < 1.29 is 4.74 Å². The van der Waals surface area contributed by atoms with Crippen LogP contribution in [0.15, 0.2) is 59.2 Å². The second-order valence-corrected chi connectivity index (χ2v) is 4.35. The lowest BCUT2D eigenvalue weighted by atomic mass is 10.2. The molecule has 86 valence electrons. The fourth-order valence-corrected chi connectivity index (χ4v) is 1.56. The molecule has 1 aromatic carbocycles. The Morgan fingerprint density at radius 1 is 1.12 bits per heavy atom. The van der Waals surface area contributed by atoms with Gasteiger partial charge in [0.2, 0.25) is 5.88 Å². The third-order valence-electron chi connectivity index (χ3n) is 2.14. The Balaban J connectivity index is 1.84. The van der Waals surface area contributed by atoms with Crippen molar-refractivity contribution in [2.75, 3.05) is 6.61 Å². The first-order chi connectivity index (χ1) is 8.34. The largest absolute Gasteiger partial charge is 0.473 e. The Kier molecular flexibility index (Phi) is 4.33. The molecule has 0 radical (unpaired) electrons. The lowest BCUT2D eigenvalue weighted by molar-refractivity contribution is 0.349. The molecule has 17 heavy (non-hydrogen) atoms. The zero-order valence-electron chi connectivity index (χ0n) is 9.21. The molecule has 2 aromatic rings. The molecule has 0 fully saturated rings. The maximum absolute atomic E-state index is 5.46. The van der Waals surface area contributed by atoms with Gasteiger partial charge >= 0.3 is 0 Å². The zero-order chi connectivity index (χ0) is 11.9. The van der Waals surface area contributed by atoms with Crippen LogP contribution in [0.25, 0.3) is 6.08 Å². The van der Waals surface area contributed by atoms with Crippen LogP contribution in [0.5, 0.6) is 5.88 Å². The van der Waals surface area contributed by atoms with Gasteiger partial charge in [-0.25, -0.2) is 4.98 Å². The van der Waals surface area contributed by atoms with E-state index in [2.05, 4.69) is 20.9 Å². The van der Waals surface area contributed by atoms with E-state index >= 15 is 0 Å². The fourth-order valence-electron chi connectivity index (χ4n) is 1.33. The highest BCUT2D eigenvalue weighted by atomic mass is 79.9. The monoisotopic (exact) mass is 289 g/mol. The van der Waals surface area contributed by atoms with Crippen LogP contribution in [0.3, 0.4) is 0 Å².